The highest BCUT2D eigenvalue weighted by Gasteiger charge is 2.16. The fraction of sp³-hybridized carbons (Fsp3) is 0.300. The molecule has 88 valence electrons. The number of nitrogens with one attached hydrogen (secondary N) is 1. The lowest BCUT2D eigenvalue weighted by Crippen LogP contribution is -2.25. The van der Waals surface area contributed by atoms with Crippen LogP contribution in [0.5, 0.6) is 0 Å². The molecule has 1 rings (SSSR count). The molecule has 2 N–H and O–H groups in total. The SMILES string of the molecule is O=C(NCCCO)c1c(Cl)ccc(Cl)c1Cl. The molecule has 0 spiro atoms. The number of halogens is 3. The topological polar surface area (TPSA) is 49.3 Å². The third-order valence-corrected chi connectivity index (χ3v) is 3.01. The van der Waals surface area contributed by atoms with E-state index in [-0.39, 0.29) is 27.2 Å². The highest BCUT2D eigenvalue weighted by atomic mass is 35.5. The molecule has 0 saturated heterocycles. The van der Waals surface area contributed by atoms with Crippen molar-refractivity contribution in [3.05, 3.63) is 32.8 Å². The van der Waals surface area contributed by atoms with Crippen LogP contribution in [0.15, 0.2) is 12.1 Å². The van der Waals surface area contributed by atoms with Gasteiger partial charge in [0.2, 0.25) is 0 Å². The molecule has 0 atom stereocenters. The summed E-state index contributed by atoms with van der Waals surface area (Å²) in [5.41, 5.74) is 0.161. The minimum atomic E-state index is -0.397. The summed E-state index contributed by atoms with van der Waals surface area (Å²) in [5, 5.41) is 11.8. The van der Waals surface area contributed by atoms with Crippen LogP contribution in [0.1, 0.15) is 16.8 Å². The third-order valence-electron chi connectivity index (χ3n) is 1.89. The first-order chi connectivity index (χ1) is 7.57. The Hall–Kier alpha value is -0.480. The number of amides is 1. The summed E-state index contributed by atoms with van der Waals surface area (Å²) < 4.78 is 0. The summed E-state index contributed by atoms with van der Waals surface area (Å²) >= 11 is 17.5. The van der Waals surface area contributed by atoms with Crippen molar-refractivity contribution < 1.29 is 9.90 Å². The van der Waals surface area contributed by atoms with Crippen molar-refractivity contribution in [1.82, 2.24) is 5.32 Å². The summed E-state index contributed by atoms with van der Waals surface area (Å²) in [5.74, 6) is -0.397. The Morgan fingerprint density at radius 3 is 2.50 bits per heavy atom. The predicted molar refractivity (Wildman–Crippen MR) is 65.5 cm³/mol. The molecule has 0 fully saturated rings. The Morgan fingerprint density at radius 1 is 1.25 bits per heavy atom. The summed E-state index contributed by atoms with van der Waals surface area (Å²) in [6.45, 7) is 0.367. The number of benzene rings is 1. The van der Waals surface area contributed by atoms with Crippen molar-refractivity contribution in [2.45, 2.75) is 6.42 Å². The van der Waals surface area contributed by atoms with Crippen LogP contribution in [0.3, 0.4) is 0 Å². The van der Waals surface area contributed by atoms with Crippen LogP contribution < -0.4 is 5.32 Å². The number of hydrogen-bond donors (Lipinski definition) is 2. The highest BCUT2D eigenvalue weighted by Crippen LogP contribution is 2.31. The molecule has 0 unspecified atom stereocenters. The molecule has 16 heavy (non-hydrogen) atoms. The summed E-state index contributed by atoms with van der Waals surface area (Å²) in [6, 6.07) is 3.04. The molecule has 0 aliphatic carbocycles. The average molecular weight is 283 g/mol. The van der Waals surface area contributed by atoms with Crippen molar-refractivity contribution in [3.8, 4) is 0 Å². The minimum absolute atomic E-state index is 0.0112. The maximum absolute atomic E-state index is 11.7. The fourth-order valence-corrected chi connectivity index (χ4v) is 1.80. The van der Waals surface area contributed by atoms with Gasteiger partial charge in [0.1, 0.15) is 0 Å². The van der Waals surface area contributed by atoms with Gasteiger partial charge >= 0.3 is 0 Å². The van der Waals surface area contributed by atoms with E-state index in [1.807, 2.05) is 0 Å². The van der Waals surface area contributed by atoms with Crippen molar-refractivity contribution >= 4 is 40.7 Å². The summed E-state index contributed by atoms with van der Waals surface area (Å²) in [4.78, 5) is 11.7. The lowest BCUT2D eigenvalue weighted by atomic mass is 10.2. The lowest BCUT2D eigenvalue weighted by Gasteiger charge is -2.08. The van der Waals surface area contributed by atoms with E-state index >= 15 is 0 Å². The van der Waals surface area contributed by atoms with Gasteiger partial charge in [-0.2, -0.15) is 0 Å². The first-order valence-electron chi connectivity index (χ1n) is 4.60. The second-order valence-electron chi connectivity index (χ2n) is 3.05. The molecule has 0 heterocycles. The Labute approximate surface area is 108 Å². The Kier molecular flexibility index (Phi) is 5.35. The normalized spacial score (nSPS) is 10.2. The molecular weight excluding hydrogens is 272 g/mol. The van der Waals surface area contributed by atoms with Gasteiger partial charge in [0.05, 0.1) is 20.6 Å². The number of carbonyl (C=O) groups excluding carboxylic acids is 1. The number of aliphatic hydroxyl groups is 1. The van der Waals surface area contributed by atoms with Gasteiger partial charge in [-0.05, 0) is 18.6 Å². The molecule has 0 bridgehead atoms. The van der Waals surface area contributed by atoms with Gasteiger partial charge in [-0.3, -0.25) is 4.79 Å². The largest absolute Gasteiger partial charge is 0.396 e. The zero-order valence-corrected chi connectivity index (χ0v) is 10.5. The van der Waals surface area contributed by atoms with Crippen LogP contribution in [0.2, 0.25) is 15.1 Å². The van der Waals surface area contributed by atoms with Gasteiger partial charge in [0, 0.05) is 13.2 Å². The molecule has 1 aromatic carbocycles. The molecule has 1 aromatic rings. The summed E-state index contributed by atoms with van der Waals surface area (Å²) in [7, 11) is 0. The lowest BCUT2D eigenvalue weighted by molar-refractivity contribution is 0.0951. The van der Waals surface area contributed by atoms with Gasteiger partial charge in [-0.1, -0.05) is 34.8 Å². The number of aliphatic hydroxyl groups excluding tert-OH is 1. The van der Waals surface area contributed by atoms with Crippen molar-refractivity contribution in [2.24, 2.45) is 0 Å². The number of carbonyl (C=O) groups is 1. The second kappa shape index (κ2) is 6.30. The smallest absolute Gasteiger partial charge is 0.254 e. The molecule has 1 amide bonds. The van der Waals surface area contributed by atoms with Crippen LogP contribution in [-0.2, 0) is 0 Å². The van der Waals surface area contributed by atoms with Gasteiger partial charge in [0.25, 0.3) is 5.91 Å². The maximum atomic E-state index is 11.7. The van der Waals surface area contributed by atoms with E-state index in [1.165, 1.54) is 12.1 Å². The Bertz CT molecular complexity index is 396. The van der Waals surface area contributed by atoms with E-state index < -0.39 is 5.91 Å². The van der Waals surface area contributed by atoms with E-state index in [0.29, 0.717) is 13.0 Å². The van der Waals surface area contributed by atoms with Gasteiger partial charge in [-0.15, -0.1) is 0 Å². The minimum Gasteiger partial charge on any atom is -0.396 e. The molecular formula is C10H10Cl3NO2. The second-order valence-corrected chi connectivity index (χ2v) is 4.24. The van der Waals surface area contributed by atoms with E-state index in [0.717, 1.165) is 0 Å². The third kappa shape index (κ3) is 3.25. The molecule has 6 heteroatoms. The first-order valence-corrected chi connectivity index (χ1v) is 5.74. The fourth-order valence-electron chi connectivity index (χ4n) is 1.10. The maximum Gasteiger partial charge on any atom is 0.254 e. The standard InChI is InChI=1S/C10H10Cl3NO2/c11-6-2-3-7(12)9(13)8(6)10(16)14-4-1-5-15/h2-3,15H,1,4-5H2,(H,14,16). The van der Waals surface area contributed by atoms with Crippen molar-refractivity contribution in [2.75, 3.05) is 13.2 Å². The molecule has 0 radical (unpaired) electrons. The Morgan fingerprint density at radius 2 is 1.88 bits per heavy atom. The van der Waals surface area contributed by atoms with Gasteiger partial charge < -0.3 is 10.4 Å². The number of rotatable bonds is 4. The van der Waals surface area contributed by atoms with E-state index in [1.54, 1.807) is 0 Å². The number of hydrogen-bond acceptors (Lipinski definition) is 2. The first kappa shape index (κ1) is 13.6. The van der Waals surface area contributed by atoms with Crippen LogP contribution >= 0.6 is 34.8 Å². The summed E-state index contributed by atoms with van der Waals surface area (Å²) in [6.07, 6.45) is 0.474. The molecule has 3 nitrogen and oxygen atoms in total. The van der Waals surface area contributed by atoms with Crippen molar-refractivity contribution in [1.29, 1.82) is 0 Å². The Balaban J connectivity index is 2.86. The van der Waals surface area contributed by atoms with Crippen LogP contribution in [0.25, 0.3) is 0 Å². The van der Waals surface area contributed by atoms with Gasteiger partial charge in [0.15, 0.2) is 0 Å². The molecule has 0 saturated carbocycles. The van der Waals surface area contributed by atoms with Gasteiger partial charge in [-0.25, -0.2) is 0 Å². The van der Waals surface area contributed by atoms with E-state index in [9.17, 15) is 4.79 Å². The van der Waals surface area contributed by atoms with Crippen LogP contribution in [0, 0.1) is 0 Å². The van der Waals surface area contributed by atoms with Crippen LogP contribution in [-0.4, -0.2) is 24.2 Å². The zero-order valence-electron chi connectivity index (χ0n) is 8.27. The highest BCUT2D eigenvalue weighted by molar-refractivity contribution is 6.46. The quantitative estimate of drug-likeness (QED) is 0.659. The van der Waals surface area contributed by atoms with E-state index in [4.69, 9.17) is 39.9 Å². The molecule has 0 aliphatic rings. The van der Waals surface area contributed by atoms with Crippen LogP contribution in [0.4, 0.5) is 0 Å². The molecule has 0 aliphatic heterocycles. The van der Waals surface area contributed by atoms with Crippen molar-refractivity contribution in [3.63, 3.8) is 0 Å². The zero-order chi connectivity index (χ0) is 12.1. The average Bonchev–Trinajstić information content (AvgIpc) is 2.24. The predicted octanol–water partition coefficient (Wildman–Crippen LogP) is 2.76. The monoisotopic (exact) mass is 281 g/mol. The van der Waals surface area contributed by atoms with E-state index in [2.05, 4.69) is 5.32 Å². The molecule has 0 aromatic heterocycles.